The second-order valence-electron chi connectivity index (χ2n) is 6.80. The highest BCUT2D eigenvalue weighted by Crippen LogP contribution is 2.30. The number of carbonyl (C=O) groups excluding carboxylic acids is 1. The van der Waals surface area contributed by atoms with E-state index in [4.69, 9.17) is 0 Å². The van der Waals surface area contributed by atoms with Crippen LogP contribution in [0.15, 0.2) is 78.9 Å². The Kier molecular flexibility index (Phi) is 5.49. The van der Waals surface area contributed by atoms with Crippen molar-refractivity contribution in [3.63, 3.8) is 0 Å². The molecular weight excluding hydrogens is 364 g/mol. The summed E-state index contributed by atoms with van der Waals surface area (Å²) >= 11 is 1.53. The fourth-order valence-corrected chi connectivity index (χ4v) is 4.34. The molecule has 0 saturated carbocycles. The van der Waals surface area contributed by atoms with E-state index in [2.05, 4.69) is 53.6 Å². The molecule has 0 radical (unpaired) electrons. The lowest BCUT2D eigenvalue weighted by molar-refractivity contribution is -0.116. The molecular formula is C24H22N2OS. The molecule has 28 heavy (non-hydrogen) atoms. The second-order valence-corrected chi connectivity index (χ2v) is 7.83. The molecule has 1 heterocycles. The first-order valence-electron chi connectivity index (χ1n) is 9.52. The Morgan fingerprint density at radius 2 is 1.61 bits per heavy atom. The monoisotopic (exact) mass is 386 g/mol. The van der Waals surface area contributed by atoms with Crippen LogP contribution in [0.4, 0.5) is 5.13 Å². The average Bonchev–Trinajstić information content (AvgIpc) is 3.14. The maximum Gasteiger partial charge on any atom is 0.227 e. The number of carbonyl (C=O) groups is 1. The van der Waals surface area contributed by atoms with Crippen LogP contribution in [-0.4, -0.2) is 10.9 Å². The fraction of sp³-hybridized carbons (Fsp3) is 0.167. The van der Waals surface area contributed by atoms with Crippen molar-refractivity contribution in [1.29, 1.82) is 0 Å². The summed E-state index contributed by atoms with van der Waals surface area (Å²) in [7, 11) is 0. The van der Waals surface area contributed by atoms with Crippen LogP contribution < -0.4 is 5.32 Å². The molecule has 0 aliphatic heterocycles. The van der Waals surface area contributed by atoms with Crippen LogP contribution in [0.2, 0.25) is 0 Å². The van der Waals surface area contributed by atoms with E-state index in [9.17, 15) is 4.79 Å². The first-order valence-corrected chi connectivity index (χ1v) is 10.3. The number of aryl methyl sites for hydroxylation is 1. The van der Waals surface area contributed by atoms with Crippen LogP contribution in [0.1, 0.15) is 36.0 Å². The summed E-state index contributed by atoms with van der Waals surface area (Å²) in [5.74, 6) is -0.00375. The molecule has 4 heteroatoms. The fourth-order valence-electron chi connectivity index (χ4n) is 3.40. The van der Waals surface area contributed by atoms with Crippen molar-refractivity contribution in [2.45, 2.75) is 25.7 Å². The van der Waals surface area contributed by atoms with Gasteiger partial charge in [-0.3, -0.25) is 4.79 Å². The van der Waals surface area contributed by atoms with Gasteiger partial charge in [-0.2, -0.15) is 0 Å². The van der Waals surface area contributed by atoms with E-state index < -0.39 is 0 Å². The number of nitrogens with zero attached hydrogens (tertiary/aromatic N) is 1. The third kappa shape index (κ3) is 4.12. The first kappa shape index (κ1) is 18.4. The Morgan fingerprint density at radius 3 is 2.21 bits per heavy atom. The van der Waals surface area contributed by atoms with Crippen LogP contribution in [-0.2, 0) is 11.2 Å². The highest BCUT2D eigenvalue weighted by atomic mass is 32.1. The third-order valence-electron chi connectivity index (χ3n) is 4.90. The summed E-state index contributed by atoms with van der Waals surface area (Å²) in [6.45, 7) is 2.14. The summed E-state index contributed by atoms with van der Waals surface area (Å²) < 4.78 is 1.11. The van der Waals surface area contributed by atoms with E-state index in [1.165, 1.54) is 16.9 Å². The molecule has 1 amide bonds. The summed E-state index contributed by atoms with van der Waals surface area (Å²) in [5, 5.41) is 3.67. The minimum atomic E-state index is -0.0209. The molecule has 1 N–H and O–H groups in total. The lowest BCUT2D eigenvalue weighted by atomic mass is 9.88. The van der Waals surface area contributed by atoms with E-state index >= 15 is 0 Å². The van der Waals surface area contributed by atoms with Crippen molar-refractivity contribution in [3.05, 3.63) is 95.6 Å². The van der Waals surface area contributed by atoms with Gasteiger partial charge in [0, 0.05) is 12.3 Å². The summed E-state index contributed by atoms with van der Waals surface area (Å²) in [6, 6.07) is 26.6. The number of aromatic nitrogens is 1. The number of benzene rings is 3. The molecule has 3 aromatic carbocycles. The molecule has 0 fully saturated rings. The molecule has 3 nitrogen and oxygen atoms in total. The number of rotatable bonds is 6. The Morgan fingerprint density at radius 1 is 0.964 bits per heavy atom. The van der Waals surface area contributed by atoms with E-state index in [1.807, 2.05) is 42.5 Å². The van der Waals surface area contributed by atoms with Gasteiger partial charge >= 0.3 is 0 Å². The quantitative estimate of drug-likeness (QED) is 0.440. The minimum absolute atomic E-state index is 0.0171. The van der Waals surface area contributed by atoms with Gasteiger partial charge in [-0.25, -0.2) is 4.98 Å². The normalized spacial score (nSPS) is 11.1. The molecule has 0 bridgehead atoms. The second kappa shape index (κ2) is 8.36. The topological polar surface area (TPSA) is 42.0 Å². The number of anilines is 1. The zero-order valence-electron chi connectivity index (χ0n) is 15.8. The minimum Gasteiger partial charge on any atom is -0.302 e. The first-order chi connectivity index (χ1) is 13.7. The van der Waals surface area contributed by atoms with E-state index in [0.717, 1.165) is 27.8 Å². The molecule has 0 saturated heterocycles. The van der Waals surface area contributed by atoms with Crippen LogP contribution >= 0.6 is 11.3 Å². The molecule has 0 atom stereocenters. The maximum absolute atomic E-state index is 12.8. The third-order valence-corrected chi connectivity index (χ3v) is 5.83. The molecule has 4 aromatic rings. The van der Waals surface area contributed by atoms with E-state index in [-0.39, 0.29) is 11.8 Å². The molecule has 140 valence electrons. The van der Waals surface area contributed by atoms with Crippen LogP contribution in [0, 0.1) is 0 Å². The molecule has 1 aromatic heterocycles. The Balaban J connectivity index is 1.55. The lowest BCUT2D eigenvalue weighted by Gasteiger charge is -2.17. The summed E-state index contributed by atoms with van der Waals surface area (Å²) in [4.78, 5) is 17.4. The van der Waals surface area contributed by atoms with Gasteiger partial charge in [0.1, 0.15) is 0 Å². The SMILES string of the molecule is CCc1ccc2nc(NC(=O)CC(c3ccccc3)c3ccccc3)sc2c1. The number of hydrogen-bond donors (Lipinski definition) is 1. The van der Waals surface area contributed by atoms with Gasteiger partial charge in [0.25, 0.3) is 0 Å². The van der Waals surface area contributed by atoms with Gasteiger partial charge in [-0.1, -0.05) is 85.0 Å². The molecule has 0 unspecified atom stereocenters. The highest BCUT2D eigenvalue weighted by Gasteiger charge is 2.19. The average molecular weight is 387 g/mol. The number of hydrogen-bond acceptors (Lipinski definition) is 3. The van der Waals surface area contributed by atoms with Crippen LogP contribution in [0.5, 0.6) is 0 Å². The van der Waals surface area contributed by atoms with E-state index in [0.29, 0.717) is 11.6 Å². The van der Waals surface area contributed by atoms with Gasteiger partial charge in [0.15, 0.2) is 5.13 Å². The highest BCUT2D eigenvalue weighted by molar-refractivity contribution is 7.22. The van der Waals surface area contributed by atoms with Crippen molar-refractivity contribution in [1.82, 2.24) is 4.98 Å². The molecule has 0 spiro atoms. The smallest absolute Gasteiger partial charge is 0.227 e. The number of thiazole rings is 1. The van der Waals surface area contributed by atoms with Crippen LogP contribution in [0.25, 0.3) is 10.2 Å². The Hall–Kier alpha value is -2.98. The van der Waals surface area contributed by atoms with Crippen molar-refractivity contribution in [2.75, 3.05) is 5.32 Å². The van der Waals surface area contributed by atoms with Gasteiger partial charge < -0.3 is 5.32 Å². The molecule has 0 aliphatic rings. The number of nitrogens with one attached hydrogen (secondary N) is 1. The van der Waals surface area contributed by atoms with Crippen molar-refractivity contribution >= 4 is 32.6 Å². The number of fused-ring (bicyclic) bond motifs is 1. The van der Waals surface area contributed by atoms with Gasteiger partial charge in [-0.15, -0.1) is 0 Å². The van der Waals surface area contributed by atoms with Crippen molar-refractivity contribution < 1.29 is 4.79 Å². The van der Waals surface area contributed by atoms with Crippen LogP contribution in [0.3, 0.4) is 0 Å². The predicted molar refractivity (Wildman–Crippen MR) is 117 cm³/mol. The largest absolute Gasteiger partial charge is 0.302 e. The van der Waals surface area contributed by atoms with Crippen molar-refractivity contribution in [3.8, 4) is 0 Å². The molecule has 0 aliphatic carbocycles. The van der Waals surface area contributed by atoms with Gasteiger partial charge in [0.2, 0.25) is 5.91 Å². The van der Waals surface area contributed by atoms with Gasteiger partial charge in [0.05, 0.1) is 10.2 Å². The maximum atomic E-state index is 12.8. The standard InChI is InChI=1S/C24H22N2OS/c1-2-17-13-14-21-22(15-17)28-24(25-21)26-23(27)16-20(18-9-5-3-6-10-18)19-11-7-4-8-12-19/h3-15,20H,2,16H2,1H3,(H,25,26,27). The zero-order chi connectivity index (χ0) is 19.3. The Labute approximate surface area is 169 Å². The Bertz CT molecular complexity index is 1030. The zero-order valence-corrected chi connectivity index (χ0v) is 16.6. The summed E-state index contributed by atoms with van der Waals surface area (Å²) in [5.41, 5.74) is 4.49. The number of amides is 1. The van der Waals surface area contributed by atoms with Gasteiger partial charge in [-0.05, 0) is 35.2 Å². The lowest BCUT2D eigenvalue weighted by Crippen LogP contribution is -2.16. The van der Waals surface area contributed by atoms with Crippen molar-refractivity contribution in [2.24, 2.45) is 0 Å². The molecule has 4 rings (SSSR count). The summed E-state index contributed by atoms with van der Waals surface area (Å²) in [6.07, 6.45) is 1.37. The van der Waals surface area contributed by atoms with E-state index in [1.54, 1.807) is 0 Å². The predicted octanol–water partition coefficient (Wildman–Crippen LogP) is 6.02.